The number of hydrogen-bond donors (Lipinski definition) is 1. The fourth-order valence-electron chi connectivity index (χ4n) is 3.59. The van der Waals surface area contributed by atoms with Crippen LogP contribution in [-0.2, 0) is 13.2 Å². The molecule has 8 nitrogen and oxygen atoms in total. The van der Waals surface area contributed by atoms with E-state index in [1.54, 1.807) is 31.3 Å². The van der Waals surface area contributed by atoms with Crippen molar-refractivity contribution in [2.45, 2.75) is 6.18 Å². The van der Waals surface area contributed by atoms with Gasteiger partial charge >= 0.3 is 6.18 Å². The molecule has 148 valence electrons. The third-order valence-electron chi connectivity index (χ3n) is 4.83. The zero-order chi connectivity index (χ0) is 21.2. The molecule has 0 spiro atoms. The van der Waals surface area contributed by atoms with E-state index in [1.807, 2.05) is 0 Å². The maximum absolute atomic E-state index is 13.6. The summed E-state index contributed by atoms with van der Waals surface area (Å²) in [6.07, 6.45) is -1.89. The van der Waals surface area contributed by atoms with E-state index in [4.69, 9.17) is 0 Å². The van der Waals surface area contributed by atoms with Gasteiger partial charge in [-0.05, 0) is 18.2 Å². The number of H-pyrrole nitrogens is 1. The van der Waals surface area contributed by atoms with Crippen LogP contribution < -0.4 is 5.56 Å². The molecular weight excluding hydrogens is 399 g/mol. The molecule has 1 N–H and O–H groups in total. The average molecular weight is 409 g/mol. The SMILES string of the molecule is Cn1cc2c(n1)c(=O)n(-c1cccc3[nH]ncc13)c1nc(C(F)(F)F)c(C#N)cc21. The summed E-state index contributed by atoms with van der Waals surface area (Å²) in [5.74, 6) is 0. The molecule has 0 aliphatic carbocycles. The van der Waals surface area contributed by atoms with E-state index in [1.165, 1.54) is 17.1 Å². The van der Waals surface area contributed by atoms with Crippen molar-refractivity contribution in [3.63, 3.8) is 0 Å². The van der Waals surface area contributed by atoms with E-state index in [-0.39, 0.29) is 16.6 Å². The molecule has 4 heterocycles. The Morgan fingerprint density at radius 3 is 2.73 bits per heavy atom. The van der Waals surface area contributed by atoms with E-state index < -0.39 is 23.0 Å². The largest absolute Gasteiger partial charge is 0.434 e. The fourth-order valence-corrected chi connectivity index (χ4v) is 3.59. The van der Waals surface area contributed by atoms with Crippen molar-refractivity contribution in [1.29, 1.82) is 5.26 Å². The fraction of sp³-hybridized carbons (Fsp3) is 0.105. The Balaban J connectivity index is 2.06. The number of rotatable bonds is 1. The molecule has 1 aromatic carbocycles. The van der Waals surface area contributed by atoms with Gasteiger partial charge in [-0.2, -0.15) is 28.6 Å². The van der Waals surface area contributed by atoms with E-state index in [0.29, 0.717) is 22.0 Å². The lowest BCUT2D eigenvalue weighted by molar-refractivity contribution is -0.141. The highest BCUT2D eigenvalue weighted by molar-refractivity contribution is 6.04. The van der Waals surface area contributed by atoms with E-state index in [9.17, 15) is 23.2 Å². The van der Waals surface area contributed by atoms with Crippen molar-refractivity contribution in [2.24, 2.45) is 7.05 Å². The lowest BCUT2D eigenvalue weighted by atomic mass is 10.1. The maximum atomic E-state index is 13.6. The van der Waals surface area contributed by atoms with Crippen LogP contribution in [0.3, 0.4) is 0 Å². The summed E-state index contributed by atoms with van der Waals surface area (Å²) >= 11 is 0. The standard InChI is InChI=1S/C19H10F3N7O/c1-28-8-12-10-5-9(6-23)16(19(20,21)22)25-17(10)29(18(30)15(12)27-28)14-4-2-3-13-11(14)7-24-26-13/h2-5,7-8H,1H3,(H,24,26). The molecule has 0 atom stereocenters. The zero-order valence-corrected chi connectivity index (χ0v) is 15.2. The molecular formula is C19H10F3N7O. The molecule has 11 heteroatoms. The third kappa shape index (κ3) is 2.40. The first kappa shape index (κ1) is 17.9. The van der Waals surface area contributed by atoms with Crippen LogP contribution in [-0.4, -0.2) is 29.5 Å². The van der Waals surface area contributed by atoms with Crippen LogP contribution in [0.15, 0.2) is 41.5 Å². The van der Waals surface area contributed by atoms with Gasteiger partial charge in [0, 0.05) is 29.4 Å². The Labute approximate surface area is 164 Å². The third-order valence-corrected chi connectivity index (χ3v) is 4.83. The number of fused-ring (bicyclic) bond motifs is 4. The number of benzene rings is 1. The van der Waals surface area contributed by atoms with Gasteiger partial charge in [-0.15, -0.1) is 0 Å². The van der Waals surface area contributed by atoms with Crippen molar-refractivity contribution in [1.82, 2.24) is 29.5 Å². The summed E-state index contributed by atoms with van der Waals surface area (Å²) in [4.78, 5) is 17.1. The van der Waals surface area contributed by atoms with Gasteiger partial charge in [-0.25, -0.2) is 4.98 Å². The second-order valence-electron chi connectivity index (χ2n) is 6.68. The van der Waals surface area contributed by atoms with Gasteiger partial charge in [0.15, 0.2) is 11.2 Å². The second-order valence-corrected chi connectivity index (χ2v) is 6.68. The molecule has 4 aromatic heterocycles. The molecule has 0 amide bonds. The second kappa shape index (κ2) is 5.90. The Hall–Kier alpha value is -4.20. The summed E-state index contributed by atoms with van der Waals surface area (Å²) in [6, 6.07) is 7.60. The minimum absolute atomic E-state index is 0.0518. The van der Waals surface area contributed by atoms with Gasteiger partial charge in [-0.1, -0.05) is 6.07 Å². The number of aromatic amines is 1. The quantitative estimate of drug-likeness (QED) is 0.458. The number of halogens is 3. The molecule has 0 bridgehead atoms. The van der Waals surface area contributed by atoms with Gasteiger partial charge < -0.3 is 0 Å². The number of hydrogen-bond acceptors (Lipinski definition) is 5. The first-order valence-electron chi connectivity index (χ1n) is 8.62. The lowest BCUT2D eigenvalue weighted by Crippen LogP contribution is -2.22. The Morgan fingerprint density at radius 2 is 2.00 bits per heavy atom. The number of nitrogens with one attached hydrogen (secondary N) is 1. The van der Waals surface area contributed by atoms with Gasteiger partial charge in [-0.3, -0.25) is 19.1 Å². The average Bonchev–Trinajstić information content (AvgIpc) is 3.33. The number of aryl methyl sites for hydroxylation is 1. The van der Waals surface area contributed by atoms with Crippen LogP contribution in [0.4, 0.5) is 13.2 Å². The van der Waals surface area contributed by atoms with E-state index in [0.717, 1.165) is 10.6 Å². The van der Waals surface area contributed by atoms with Crippen molar-refractivity contribution < 1.29 is 13.2 Å². The summed E-state index contributed by atoms with van der Waals surface area (Å²) < 4.78 is 43.2. The Kier molecular flexibility index (Phi) is 3.51. The van der Waals surface area contributed by atoms with Gasteiger partial charge in [0.05, 0.1) is 23.0 Å². The molecule has 0 aliphatic rings. The van der Waals surface area contributed by atoms with E-state index >= 15 is 0 Å². The highest BCUT2D eigenvalue weighted by Crippen LogP contribution is 2.34. The normalized spacial score (nSPS) is 12.1. The topological polar surface area (TPSA) is 105 Å². The molecule has 0 saturated heterocycles. The minimum atomic E-state index is -4.87. The Morgan fingerprint density at radius 1 is 1.20 bits per heavy atom. The molecule has 0 unspecified atom stereocenters. The van der Waals surface area contributed by atoms with Crippen LogP contribution in [0, 0.1) is 11.3 Å². The summed E-state index contributed by atoms with van der Waals surface area (Å²) in [5.41, 5.74) is -1.89. The summed E-state index contributed by atoms with van der Waals surface area (Å²) in [7, 11) is 1.59. The lowest BCUT2D eigenvalue weighted by Gasteiger charge is -2.14. The van der Waals surface area contributed by atoms with Crippen LogP contribution in [0.25, 0.3) is 38.5 Å². The minimum Gasteiger partial charge on any atom is -0.278 e. The predicted molar refractivity (Wildman–Crippen MR) is 101 cm³/mol. The molecule has 5 rings (SSSR count). The summed E-state index contributed by atoms with van der Waals surface area (Å²) in [5, 5.41) is 21.2. The van der Waals surface area contributed by atoms with Crippen molar-refractivity contribution in [3.05, 3.63) is 58.3 Å². The van der Waals surface area contributed by atoms with Gasteiger partial charge in [0.2, 0.25) is 0 Å². The van der Waals surface area contributed by atoms with Crippen molar-refractivity contribution in [2.75, 3.05) is 0 Å². The van der Waals surface area contributed by atoms with E-state index in [2.05, 4.69) is 20.3 Å². The molecule has 5 aromatic rings. The summed E-state index contributed by atoms with van der Waals surface area (Å²) in [6.45, 7) is 0. The first-order chi connectivity index (χ1) is 14.3. The van der Waals surface area contributed by atoms with Gasteiger partial charge in [0.1, 0.15) is 11.7 Å². The van der Waals surface area contributed by atoms with Crippen LogP contribution in [0.2, 0.25) is 0 Å². The number of aromatic nitrogens is 6. The maximum Gasteiger partial charge on any atom is 0.434 e. The van der Waals surface area contributed by atoms with Crippen LogP contribution >= 0.6 is 0 Å². The zero-order valence-electron chi connectivity index (χ0n) is 15.2. The smallest absolute Gasteiger partial charge is 0.278 e. The van der Waals surface area contributed by atoms with Crippen LogP contribution in [0.1, 0.15) is 11.3 Å². The number of nitriles is 1. The number of alkyl halides is 3. The first-order valence-corrected chi connectivity index (χ1v) is 8.62. The van der Waals surface area contributed by atoms with Crippen LogP contribution in [0.5, 0.6) is 0 Å². The predicted octanol–water partition coefficient (Wildman–Crippen LogP) is 3.04. The highest BCUT2D eigenvalue weighted by atomic mass is 19.4. The van der Waals surface area contributed by atoms with Crippen molar-refractivity contribution >= 4 is 32.8 Å². The number of pyridine rings is 2. The highest BCUT2D eigenvalue weighted by Gasteiger charge is 2.37. The molecule has 0 radical (unpaired) electrons. The Bertz CT molecular complexity index is 1580. The monoisotopic (exact) mass is 409 g/mol. The van der Waals surface area contributed by atoms with Gasteiger partial charge in [0.25, 0.3) is 5.56 Å². The number of nitrogens with zero attached hydrogens (tertiary/aromatic N) is 6. The van der Waals surface area contributed by atoms with Crippen molar-refractivity contribution in [3.8, 4) is 11.8 Å². The molecule has 30 heavy (non-hydrogen) atoms. The molecule has 0 saturated carbocycles. The molecule has 0 fully saturated rings. The molecule has 0 aliphatic heterocycles.